The van der Waals surface area contributed by atoms with Crippen molar-refractivity contribution < 1.29 is 9.53 Å². The van der Waals surface area contributed by atoms with E-state index in [2.05, 4.69) is 37.9 Å². The van der Waals surface area contributed by atoms with E-state index in [-0.39, 0.29) is 11.5 Å². The molecule has 0 atom stereocenters. The highest BCUT2D eigenvalue weighted by Crippen LogP contribution is 2.17. The van der Waals surface area contributed by atoms with E-state index in [1.54, 1.807) is 0 Å². The zero-order valence-corrected chi connectivity index (χ0v) is 12.8. The van der Waals surface area contributed by atoms with Gasteiger partial charge in [0.05, 0.1) is 18.8 Å². The van der Waals surface area contributed by atoms with Gasteiger partial charge in [-0.3, -0.25) is 9.69 Å². The van der Waals surface area contributed by atoms with E-state index >= 15 is 0 Å². The van der Waals surface area contributed by atoms with Crippen LogP contribution in [0, 0.1) is 13.8 Å². The zero-order chi connectivity index (χ0) is 14.8. The van der Waals surface area contributed by atoms with Gasteiger partial charge in [0, 0.05) is 18.8 Å². The summed E-state index contributed by atoms with van der Waals surface area (Å²) in [6.07, 6.45) is 0. The maximum atomic E-state index is 12.1. The Morgan fingerprint density at radius 3 is 2.75 bits per heavy atom. The number of carbonyl (C=O) groups excluding carboxylic acids is 1. The first-order chi connectivity index (χ1) is 9.35. The Morgan fingerprint density at radius 2 is 2.10 bits per heavy atom. The third-order valence-corrected chi connectivity index (χ3v) is 3.66. The SMILES string of the molecule is Cc1ccc(NC(=O)CN2CCOC(C)(C)C2)cc1C. The Morgan fingerprint density at radius 1 is 1.35 bits per heavy atom. The molecular weight excluding hydrogens is 252 g/mol. The molecule has 1 amide bonds. The monoisotopic (exact) mass is 276 g/mol. The molecule has 0 radical (unpaired) electrons. The first kappa shape index (κ1) is 15.0. The molecule has 1 aromatic carbocycles. The minimum atomic E-state index is -0.168. The van der Waals surface area contributed by atoms with Crippen LogP contribution in [0.4, 0.5) is 5.69 Å². The second-order valence-electron chi connectivity index (χ2n) is 6.17. The van der Waals surface area contributed by atoms with Gasteiger partial charge in [-0.25, -0.2) is 0 Å². The third kappa shape index (κ3) is 4.05. The van der Waals surface area contributed by atoms with Gasteiger partial charge < -0.3 is 10.1 Å². The van der Waals surface area contributed by atoms with E-state index in [4.69, 9.17) is 4.74 Å². The van der Waals surface area contributed by atoms with Crippen molar-refractivity contribution in [2.75, 3.05) is 31.6 Å². The van der Waals surface area contributed by atoms with E-state index in [1.165, 1.54) is 11.1 Å². The standard InChI is InChI=1S/C16H24N2O2/c1-12-5-6-14(9-13(12)2)17-15(19)10-18-7-8-20-16(3,4)11-18/h5-6,9H,7-8,10-11H2,1-4H3,(H,17,19). The Balaban J connectivity index is 1.90. The molecule has 110 valence electrons. The fraction of sp³-hybridized carbons (Fsp3) is 0.562. The van der Waals surface area contributed by atoms with E-state index < -0.39 is 0 Å². The molecule has 1 saturated heterocycles. The van der Waals surface area contributed by atoms with Crippen LogP contribution in [-0.2, 0) is 9.53 Å². The second kappa shape index (κ2) is 5.94. The van der Waals surface area contributed by atoms with Crippen molar-refractivity contribution in [3.05, 3.63) is 29.3 Å². The highest BCUT2D eigenvalue weighted by molar-refractivity contribution is 5.92. The van der Waals surface area contributed by atoms with Crippen LogP contribution in [0.2, 0.25) is 0 Å². The third-order valence-electron chi connectivity index (χ3n) is 3.66. The van der Waals surface area contributed by atoms with Gasteiger partial charge in [-0.1, -0.05) is 6.07 Å². The van der Waals surface area contributed by atoms with Crippen LogP contribution in [0.15, 0.2) is 18.2 Å². The molecular formula is C16H24N2O2. The Kier molecular flexibility index (Phi) is 4.45. The van der Waals surface area contributed by atoms with Crippen LogP contribution in [0.5, 0.6) is 0 Å². The molecule has 4 heteroatoms. The Hall–Kier alpha value is -1.39. The fourth-order valence-corrected chi connectivity index (χ4v) is 2.47. The Bertz CT molecular complexity index is 497. The van der Waals surface area contributed by atoms with Gasteiger partial charge in [-0.05, 0) is 51.0 Å². The van der Waals surface area contributed by atoms with Crippen molar-refractivity contribution in [3.63, 3.8) is 0 Å². The molecule has 1 aromatic rings. The van der Waals surface area contributed by atoms with Crippen molar-refractivity contribution in [2.45, 2.75) is 33.3 Å². The molecule has 0 aliphatic carbocycles. The van der Waals surface area contributed by atoms with Crippen molar-refractivity contribution in [1.29, 1.82) is 0 Å². The van der Waals surface area contributed by atoms with Gasteiger partial charge in [0.1, 0.15) is 0 Å². The summed E-state index contributed by atoms with van der Waals surface area (Å²) in [6.45, 7) is 10.9. The van der Waals surface area contributed by atoms with Gasteiger partial charge in [0.15, 0.2) is 0 Å². The summed E-state index contributed by atoms with van der Waals surface area (Å²) in [6, 6.07) is 5.99. The van der Waals surface area contributed by atoms with Crippen molar-refractivity contribution in [3.8, 4) is 0 Å². The molecule has 0 unspecified atom stereocenters. The van der Waals surface area contributed by atoms with Gasteiger partial charge in [0.2, 0.25) is 5.91 Å². The molecule has 0 bridgehead atoms. The van der Waals surface area contributed by atoms with Crippen LogP contribution < -0.4 is 5.32 Å². The summed E-state index contributed by atoms with van der Waals surface area (Å²) in [5.41, 5.74) is 3.12. The molecule has 0 spiro atoms. The second-order valence-corrected chi connectivity index (χ2v) is 6.17. The van der Waals surface area contributed by atoms with Crippen molar-refractivity contribution >= 4 is 11.6 Å². The average Bonchev–Trinajstić information content (AvgIpc) is 2.32. The lowest BCUT2D eigenvalue weighted by atomic mass is 10.1. The molecule has 1 aliphatic rings. The number of benzene rings is 1. The van der Waals surface area contributed by atoms with Crippen LogP contribution in [0.3, 0.4) is 0 Å². The number of carbonyl (C=O) groups is 1. The lowest BCUT2D eigenvalue weighted by molar-refractivity contribution is -0.122. The smallest absolute Gasteiger partial charge is 0.238 e. The highest BCUT2D eigenvalue weighted by atomic mass is 16.5. The van der Waals surface area contributed by atoms with Gasteiger partial charge in [-0.2, -0.15) is 0 Å². The summed E-state index contributed by atoms with van der Waals surface area (Å²) in [4.78, 5) is 14.2. The predicted molar refractivity (Wildman–Crippen MR) is 81.0 cm³/mol. The molecule has 4 nitrogen and oxygen atoms in total. The number of amides is 1. The average molecular weight is 276 g/mol. The fourth-order valence-electron chi connectivity index (χ4n) is 2.47. The summed E-state index contributed by atoms with van der Waals surface area (Å²) in [5.74, 6) is 0.0333. The van der Waals surface area contributed by atoms with Crippen LogP contribution in [0.1, 0.15) is 25.0 Å². The maximum absolute atomic E-state index is 12.1. The topological polar surface area (TPSA) is 41.6 Å². The highest BCUT2D eigenvalue weighted by Gasteiger charge is 2.28. The summed E-state index contributed by atoms with van der Waals surface area (Å²) in [7, 11) is 0. The predicted octanol–water partition coefficient (Wildman–Crippen LogP) is 2.35. The number of anilines is 1. The van der Waals surface area contributed by atoms with Crippen LogP contribution in [0.25, 0.3) is 0 Å². The Labute approximate surface area is 121 Å². The first-order valence-corrected chi connectivity index (χ1v) is 7.09. The van der Waals surface area contributed by atoms with Crippen LogP contribution in [-0.4, -0.2) is 42.6 Å². The lowest BCUT2D eigenvalue weighted by Gasteiger charge is -2.37. The van der Waals surface area contributed by atoms with E-state index in [1.807, 2.05) is 18.2 Å². The van der Waals surface area contributed by atoms with Gasteiger partial charge in [0.25, 0.3) is 0 Å². The number of hydrogen-bond acceptors (Lipinski definition) is 3. The van der Waals surface area contributed by atoms with E-state index in [9.17, 15) is 4.79 Å². The molecule has 1 aliphatic heterocycles. The number of nitrogens with zero attached hydrogens (tertiary/aromatic N) is 1. The minimum absolute atomic E-state index is 0.0333. The molecule has 20 heavy (non-hydrogen) atoms. The van der Waals surface area contributed by atoms with E-state index in [0.29, 0.717) is 13.2 Å². The molecule has 0 saturated carbocycles. The number of rotatable bonds is 3. The summed E-state index contributed by atoms with van der Waals surface area (Å²) in [5, 5.41) is 2.96. The minimum Gasteiger partial charge on any atom is -0.373 e. The zero-order valence-electron chi connectivity index (χ0n) is 12.8. The van der Waals surface area contributed by atoms with Crippen LogP contribution >= 0.6 is 0 Å². The molecule has 2 rings (SSSR count). The maximum Gasteiger partial charge on any atom is 0.238 e. The van der Waals surface area contributed by atoms with Crippen molar-refractivity contribution in [1.82, 2.24) is 4.90 Å². The normalized spacial score (nSPS) is 18.8. The number of hydrogen-bond donors (Lipinski definition) is 1. The molecule has 0 aromatic heterocycles. The number of aryl methyl sites for hydroxylation is 2. The number of nitrogens with one attached hydrogen (secondary N) is 1. The molecule has 1 N–H and O–H groups in total. The lowest BCUT2D eigenvalue weighted by Crippen LogP contribution is -2.50. The summed E-state index contributed by atoms with van der Waals surface area (Å²) >= 11 is 0. The molecule has 1 fully saturated rings. The van der Waals surface area contributed by atoms with Gasteiger partial charge in [-0.15, -0.1) is 0 Å². The van der Waals surface area contributed by atoms with Gasteiger partial charge >= 0.3 is 0 Å². The van der Waals surface area contributed by atoms with E-state index in [0.717, 1.165) is 18.8 Å². The first-order valence-electron chi connectivity index (χ1n) is 7.09. The number of morpholine rings is 1. The number of ether oxygens (including phenoxy) is 1. The van der Waals surface area contributed by atoms with Crippen molar-refractivity contribution in [2.24, 2.45) is 0 Å². The quantitative estimate of drug-likeness (QED) is 0.921. The largest absolute Gasteiger partial charge is 0.373 e. The summed E-state index contributed by atoms with van der Waals surface area (Å²) < 4.78 is 5.65. The molecule has 1 heterocycles.